The summed E-state index contributed by atoms with van der Waals surface area (Å²) in [5.41, 5.74) is 4.17. The summed E-state index contributed by atoms with van der Waals surface area (Å²) in [6.07, 6.45) is 6.68. The zero-order chi connectivity index (χ0) is 27.2. The Kier molecular flexibility index (Phi) is 8.46. The topological polar surface area (TPSA) is 83.1 Å². The van der Waals surface area contributed by atoms with Crippen molar-refractivity contribution in [2.24, 2.45) is 0 Å². The van der Waals surface area contributed by atoms with Crippen LogP contribution in [0.2, 0.25) is 0 Å². The van der Waals surface area contributed by atoms with Crippen molar-refractivity contribution in [1.29, 1.82) is 0 Å². The highest BCUT2D eigenvalue weighted by atomic mass is 16.5. The summed E-state index contributed by atoms with van der Waals surface area (Å²) < 4.78 is 11.1. The Morgan fingerprint density at radius 2 is 1.85 bits per heavy atom. The Bertz CT molecular complexity index is 1260. The van der Waals surface area contributed by atoms with Crippen LogP contribution in [-0.2, 0) is 6.54 Å². The summed E-state index contributed by atoms with van der Waals surface area (Å²) in [7, 11) is 3.28. The first-order chi connectivity index (χ1) is 19.1. The highest BCUT2D eigenvalue weighted by Crippen LogP contribution is 2.40. The van der Waals surface area contributed by atoms with Crippen molar-refractivity contribution in [2.75, 3.05) is 63.7 Å². The van der Waals surface area contributed by atoms with Crippen LogP contribution in [0.15, 0.2) is 55.0 Å². The van der Waals surface area contributed by atoms with Gasteiger partial charge in [-0.25, -0.2) is 4.98 Å². The number of piperazine rings is 1. The van der Waals surface area contributed by atoms with Gasteiger partial charge in [0.1, 0.15) is 5.82 Å². The molecule has 2 aliphatic heterocycles. The number of hydrogen-bond acceptors (Lipinski definition) is 8. The van der Waals surface area contributed by atoms with E-state index in [1.807, 2.05) is 35.2 Å². The molecular weight excluding hydrogens is 492 g/mol. The van der Waals surface area contributed by atoms with Gasteiger partial charge in [-0.2, -0.15) is 0 Å². The highest BCUT2D eigenvalue weighted by molar-refractivity contribution is 6.00. The maximum absolute atomic E-state index is 13.9. The number of benzene rings is 2. The van der Waals surface area contributed by atoms with Gasteiger partial charge in [0.2, 0.25) is 0 Å². The lowest BCUT2D eigenvalue weighted by atomic mass is 9.99. The van der Waals surface area contributed by atoms with Gasteiger partial charge in [-0.1, -0.05) is 19.1 Å². The molecule has 9 heteroatoms. The highest BCUT2D eigenvalue weighted by Gasteiger charge is 2.36. The first kappa shape index (κ1) is 26.7. The molecule has 39 heavy (non-hydrogen) atoms. The first-order valence-corrected chi connectivity index (χ1v) is 13.7. The normalized spacial score (nSPS) is 16.2. The largest absolute Gasteiger partial charge is 0.493 e. The first-order valence-electron chi connectivity index (χ1n) is 13.7. The zero-order valence-corrected chi connectivity index (χ0v) is 23.1. The molecule has 0 radical (unpaired) electrons. The Morgan fingerprint density at radius 1 is 1.03 bits per heavy atom. The van der Waals surface area contributed by atoms with Crippen LogP contribution in [0.25, 0.3) is 0 Å². The summed E-state index contributed by atoms with van der Waals surface area (Å²) >= 11 is 0. The summed E-state index contributed by atoms with van der Waals surface area (Å²) in [4.78, 5) is 29.3. The van der Waals surface area contributed by atoms with Crippen molar-refractivity contribution in [3.63, 3.8) is 0 Å². The standard InChI is InChI=1S/C30H38N6O3/c1-4-34-15-17-35(18-16-34)26-8-5-7-23-24(26)21-36(30(23)37)25(9-6-12-32-29-20-31-13-14-33-29)22-10-11-27(38-2)28(19-22)39-3/h5,7-8,10-11,13-14,19-20,25H,4,6,9,12,15-18,21H2,1-3H3,(H,32,33)/t25-/m1/s1. The fourth-order valence-electron chi connectivity index (χ4n) is 5.66. The lowest BCUT2D eigenvalue weighted by Gasteiger charge is -2.36. The van der Waals surface area contributed by atoms with Gasteiger partial charge in [-0.3, -0.25) is 9.78 Å². The number of ether oxygens (including phenoxy) is 2. The molecule has 2 aromatic carbocycles. The Morgan fingerprint density at radius 3 is 2.56 bits per heavy atom. The van der Waals surface area contributed by atoms with Crippen LogP contribution in [-0.4, -0.2) is 79.2 Å². The minimum atomic E-state index is -0.113. The molecule has 1 amide bonds. The molecule has 1 aromatic heterocycles. The van der Waals surface area contributed by atoms with Crippen LogP contribution >= 0.6 is 0 Å². The number of carbonyl (C=O) groups excluding carboxylic acids is 1. The quantitative estimate of drug-likeness (QED) is 0.369. The number of anilines is 2. The molecule has 3 aromatic rings. The van der Waals surface area contributed by atoms with Gasteiger partial charge in [0.05, 0.1) is 26.5 Å². The van der Waals surface area contributed by atoms with Gasteiger partial charge >= 0.3 is 0 Å². The molecule has 3 heterocycles. The van der Waals surface area contributed by atoms with Gasteiger partial charge in [0.15, 0.2) is 11.5 Å². The minimum absolute atomic E-state index is 0.0840. The number of aromatic nitrogens is 2. The van der Waals surface area contributed by atoms with Gasteiger partial charge < -0.3 is 29.5 Å². The second-order valence-corrected chi connectivity index (χ2v) is 9.95. The lowest BCUT2D eigenvalue weighted by Crippen LogP contribution is -2.46. The van der Waals surface area contributed by atoms with Crippen LogP contribution in [0.3, 0.4) is 0 Å². The SMILES string of the molecule is CCN1CCN(c2cccc3c2CN([C@H](CCCNc2cnccn2)c2ccc(OC)c(OC)c2)C3=O)CC1. The molecule has 1 fully saturated rings. The van der Waals surface area contributed by atoms with Crippen molar-refractivity contribution < 1.29 is 14.3 Å². The number of nitrogens with one attached hydrogen (secondary N) is 1. The van der Waals surface area contributed by atoms with Crippen LogP contribution in [0.4, 0.5) is 11.5 Å². The molecule has 9 nitrogen and oxygen atoms in total. The van der Waals surface area contributed by atoms with E-state index in [0.29, 0.717) is 18.0 Å². The molecule has 1 saturated heterocycles. The number of hydrogen-bond donors (Lipinski definition) is 1. The monoisotopic (exact) mass is 530 g/mol. The lowest BCUT2D eigenvalue weighted by molar-refractivity contribution is 0.0690. The number of likely N-dealkylation sites (N-methyl/N-ethyl adjacent to an activating group) is 1. The third-order valence-electron chi connectivity index (χ3n) is 7.82. The predicted octanol–water partition coefficient (Wildman–Crippen LogP) is 4.23. The van der Waals surface area contributed by atoms with Crippen LogP contribution < -0.4 is 19.7 Å². The minimum Gasteiger partial charge on any atom is -0.493 e. The van der Waals surface area contributed by atoms with E-state index in [1.54, 1.807) is 32.8 Å². The van der Waals surface area contributed by atoms with Crippen molar-refractivity contribution in [1.82, 2.24) is 19.8 Å². The Balaban J connectivity index is 1.39. The third kappa shape index (κ3) is 5.78. The zero-order valence-electron chi connectivity index (χ0n) is 23.1. The van der Waals surface area contributed by atoms with Crippen molar-refractivity contribution in [3.8, 4) is 11.5 Å². The Hall–Kier alpha value is -3.85. The average molecular weight is 531 g/mol. The van der Waals surface area contributed by atoms with E-state index in [2.05, 4.69) is 38.1 Å². The molecule has 2 aliphatic rings. The number of carbonyl (C=O) groups is 1. The number of nitrogens with zero attached hydrogens (tertiary/aromatic N) is 5. The van der Waals surface area contributed by atoms with E-state index in [0.717, 1.165) is 74.6 Å². The number of rotatable bonds is 11. The van der Waals surface area contributed by atoms with E-state index >= 15 is 0 Å². The smallest absolute Gasteiger partial charge is 0.255 e. The molecule has 0 spiro atoms. The third-order valence-corrected chi connectivity index (χ3v) is 7.82. The summed E-state index contributed by atoms with van der Waals surface area (Å²) in [5, 5.41) is 3.34. The van der Waals surface area contributed by atoms with Crippen molar-refractivity contribution >= 4 is 17.4 Å². The molecular formula is C30H38N6O3. The molecule has 1 N–H and O–H groups in total. The number of methoxy groups -OCH3 is 2. The number of fused-ring (bicyclic) bond motifs is 1. The van der Waals surface area contributed by atoms with Gasteiger partial charge in [0, 0.05) is 68.5 Å². The molecule has 0 aliphatic carbocycles. The maximum Gasteiger partial charge on any atom is 0.255 e. The van der Waals surface area contributed by atoms with Gasteiger partial charge in [-0.05, 0) is 49.2 Å². The summed E-state index contributed by atoms with van der Waals surface area (Å²) in [6.45, 7) is 8.65. The number of amides is 1. The van der Waals surface area contributed by atoms with Gasteiger partial charge in [0.25, 0.3) is 5.91 Å². The van der Waals surface area contributed by atoms with E-state index in [1.165, 1.54) is 5.69 Å². The van der Waals surface area contributed by atoms with Crippen LogP contribution in [0, 0.1) is 0 Å². The van der Waals surface area contributed by atoms with E-state index in [9.17, 15) is 4.79 Å². The van der Waals surface area contributed by atoms with Crippen molar-refractivity contribution in [3.05, 3.63) is 71.7 Å². The van der Waals surface area contributed by atoms with Crippen molar-refractivity contribution in [2.45, 2.75) is 32.4 Å². The summed E-state index contributed by atoms with van der Waals surface area (Å²) in [5.74, 6) is 2.17. The fourth-order valence-corrected chi connectivity index (χ4v) is 5.66. The molecule has 0 bridgehead atoms. The molecule has 0 saturated carbocycles. The molecule has 1 atom stereocenters. The van der Waals surface area contributed by atoms with E-state index in [-0.39, 0.29) is 11.9 Å². The molecule has 5 rings (SSSR count). The van der Waals surface area contributed by atoms with E-state index < -0.39 is 0 Å². The second-order valence-electron chi connectivity index (χ2n) is 9.95. The predicted molar refractivity (Wildman–Crippen MR) is 153 cm³/mol. The molecule has 0 unspecified atom stereocenters. The fraction of sp³-hybridized carbons (Fsp3) is 0.433. The van der Waals surface area contributed by atoms with E-state index in [4.69, 9.17) is 9.47 Å². The second kappa shape index (κ2) is 12.3. The average Bonchev–Trinajstić information content (AvgIpc) is 3.33. The molecule has 206 valence electrons. The summed E-state index contributed by atoms with van der Waals surface area (Å²) in [6, 6.07) is 12.0. The Labute approximate surface area is 230 Å². The van der Waals surface area contributed by atoms with Gasteiger partial charge in [-0.15, -0.1) is 0 Å². The maximum atomic E-state index is 13.9. The van der Waals surface area contributed by atoms with Crippen LogP contribution in [0.5, 0.6) is 11.5 Å². The van der Waals surface area contributed by atoms with Crippen LogP contribution in [0.1, 0.15) is 47.3 Å².